The van der Waals surface area contributed by atoms with E-state index in [2.05, 4.69) is 30.4 Å². The minimum Gasteiger partial charge on any atom is -0.497 e. The van der Waals surface area contributed by atoms with Gasteiger partial charge >= 0.3 is 0 Å². The summed E-state index contributed by atoms with van der Waals surface area (Å²) in [4.78, 5) is 15.0. The number of carbonyl (C=O) groups is 1. The highest BCUT2D eigenvalue weighted by Gasteiger charge is 2.32. The Kier molecular flexibility index (Phi) is 5.84. The quantitative estimate of drug-likeness (QED) is 0.562. The molecule has 2 unspecified atom stereocenters. The molecular formula is C26H26N2O2. The molecule has 4 heteroatoms. The van der Waals surface area contributed by atoms with Crippen LogP contribution in [0.15, 0.2) is 84.9 Å². The summed E-state index contributed by atoms with van der Waals surface area (Å²) in [5.41, 5.74) is 4.16. The average Bonchev–Trinajstić information content (AvgIpc) is 2.78. The number of methoxy groups -OCH3 is 1. The lowest BCUT2D eigenvalue weighted by atomic mass is 9.91. The van der Waals surface area contributed by atoms with E-state index < -0.39 is 0 Å². The fourth-order valence-electron chi connectivity index (χ4n) is 3.98. The largest absolute Gasteiger partial charge is 0.497 e. The number of para-hydroxylation sites is 2. The lowest BCUT2D eigenvalue weighted by Gasteiger charge is -2.39. The van der Waals surface area contributed by atoms with E-state index in [1.807, 2.05) is 71.6 Å². The van der Waals surface area contributed by atoms with Crippen molar-refractivity contribution in [1.29, 1.82) is 0 Å². The van der Waals surface area contributed by atoms with Crippen molar-refractivity contribution in [1.82, 2.24) is 0 Å². The van der Waals surface area contributed by atoms with Crippen molar-refractivity contribution in [2.75, 3.05) is 17.3 Å². The number of amides is 1. The van der Waals surface area contributed by atoms with Gasteiger partial charge in [0, 0.05) is 23.5 Å². The summed E-state index contributed by atoms with van der Waals surface area (Å²) >= 11 is 0. The lowest BCUT2D eigenvalue weighted by Crippen LogP contribution is -2.43. The summed E-state index contributed by atoms with van der Waals surface area (Å²) in [6.45, 7) is 2.11. The van der Waals surface area contributed by atoms with Crippen LogP contribution in [0.3, 0.4) is 0 Å². The van der Waals surface area contributed by atoms with Gasteiger partial charge in [0.15, 0.2) is 0 Å². The lowest BCUT2D eigenvalue weighted by molar-refractivity contribution is -0.114. The number of rotatable bonds is 5. The fourth-order valence-corrected chi connectivity index (χ4v) is 3.98. The molecule has 4 rings (SSSR count). The summed E-state index contributed by atoms with van der Waals surface area (Å²) < 4.78 is 5.19. The first-order chi connectivity index (χ1) is 14.7. The van der Waals surface area contributed by atoms with E-state index in [0.717, 1.165) is 34.7 Å². The summed E-state index contributed by atoms with van der Waals surface area (Å²) in [6, 6.07) is 26.3. The smallest absolute Gasteiger partial charge is 0.251 e. The predicted molar refractivity (Wildman–Crippen MR) is 123 cm³/mol. The molecule has 0 aromatic heterocycles. The zero-order chi connectivity index (χ0) is 20.9. The van der Waals surface area contributed by atoms with E-state index in [1.54, 1.807) is 13.2 Å². The van der Waals surface area contributed by atoms with Crippen LogP contribution in [0.1, 0.15) is 30.5 Å². The number of anilines is 2. The van der Waals surface area contributed by atoms with E-state index in [0.29, 0.717) is 0 Å². The van der Waals surface area contributed by atoms with E-state index in [9.17, 15) is 4.79 Å². The molecule has 0 saturated carbocycles. The molecule has 152 valence electrons. The molecule has 1 aliphatic heterocycles. The molecule has 4 nitrogen and oxygen atoms in total. The Morgan fingerprint density at radius 3 is 2.43 bits per heavy atom. The first-order valence-electron chi connectivity index (χ1n) is 10.2. The van der Waals surface area contributed by atoms with Crippen LogP contribution in [0.2, 0.25) is 0 Å². The highest BCUT2D eigenvalue weighted by molar-refractivity contribution is 6.05. The van der Waals surface area contributed by atoms with Gasteiger partial charge < -0.3 is 15.0 Å². The standard InChI is InChI=1S/C26H26N2O2/c1-19-18-24(27-21-8-4-3-5-9-21)23-10-6-7-11-25(23)28(19)26(29)17-14-20-12-15-22(30-2)16-13-20/h3-17,19,24,27H,18H2,1-2H3. The number of fused-ring (bicyclic) bond motifs is 1. The highest BCUT2D eigenvalue weighted by atomic mass is 16.5. The van der Waals surface area contributed by atoms with Gasteiger partial charge in [-0.25, -0.2) is 0 Å². The van der Waals surface area contributed by atoms with Crippen LogP contribution < -0.4 is 15.0 Å². The Balaban J connectivity index is 1.57. The summed E-state index contributed by atoms with van der Waals surface area (Å²) in [5.74, 6) is 0.790. The molecule has 0 saturated heterocycles. The summed E-state index contributed by atoms with van der Waals surface area (Å²) in [6.07, 6.45) is 4.35. The van der Waals surface area contributed by atoms with Crippen molar-refractivity contribution in [2.24, 2.45) is 0 Å². The van der Waals surface area contributed by atoms with Crippen molar-refractivity contribution in [3.63, 3.8) is 0 Å². The summed E-state index contributed by atoms with van der Waals surface area (Å²) in [7, 11) is 1.64. The number of benzene rings is 3. The number of carbonyl (C=O) groups excluding carboxylic acids is 1. The first-order valence-corrected chi connectivity index (χ1v) is 10.2. The van der Waals surface area contributed by atoms with E-state index >= 15 is 0 Å². The maximum absolute atomic E-state index is 13.1. The minimum atomic E-state index is -0.0103. The third-order valence-corrected chi connectivity index (χ3v) is 5.48. The second-order valence-electron chi connectivity index (χ2n) is 7.52. The van der Waals surface area contributed by atoms with E-state index in [-0.39, 0.29) is 18.0 Å². The topological polar surface area (TPSA) is 41.6 Å². The Labute approximate surface area is 177 Å². The van der Waals surface area contributed by atoms with Crippen molar-refractivity contribution in [2.45, 2.75) is 25.4 Å². The minimum absolute atomic E-state index is 0.0103. The fraction of sp³-hybridized carbons (Fsp3) is 0.192. The zero-order valence-electron chi connectivity index (χ0n) is 17.3. The number of hydrogen-bond acceptors (Lipinski definition) is 3. The number of ether oxygens (including phenoxy) is 1. The van der Waals surface area contributed by atoms with Gasteiger partial charge in [-0.05, 0) is 60.9 Å². The predicted octanol–water partition coefficient (Wildman–Crippen LogP) is 5.69. The van der Waals surface area contributed by atoms with Gasteiger partial charge in [-0.3, -0.25) is 4.79 Å². The number of nitrogens with one attached hydrogen (secondary N) is 1. The summed E-state index contributed by atoms with van der Waals surface area (Å²) in [5, 5.41) is 3.63. The van der Waals surface area contributed by atoms with Gasteiger partial charge in [-0.1, -0.05) is 48.5 Å². The van der Waals surface area contributed by atoms with Crippen LogP contribution >= 0.6 is 0 Å². The van der Waals surface area contributed by atoms with Crippen LogP contribution in [0.25, 0.3) is 6.08 Å². The molecule has 1 N–H and O–H groups in total. The Morgan fingerprint density at radius 2 is 1.70 bits per heavy atom. The molecule has 2 atom stereocenters. The second kappa shape index (κ2) is 8.87. The molecule has 1 heterocycles. The molecule has 30 heavy (non-hydrogen) atoms. The van der Waals surface area contributed by atoms with Crippen molar-refractivity contribution < 1.29 is 9.53 Å². The van der Waals surface area contributed by atoms with Crippen molar-refractivity contribution >= 4 is 23.4 Å². The average molecular weight is 399 g/mol. The second-order valence-corrected chi connectivity index (χ2v) is 7.52. The molecule has 0 fully saturated rings. The molecule has 1 aliphatic rings. The van der Waals surface area contributed by atoms with Gasteiger partial charge in [-0.15, -0.1) is 0 Å². The van der Waals surface area contributed by atoms with Crippen molar-refractivity contribution in [3.8, 4) is 5.75 Å². The molecule has 3 aromatic carbocycles. The SMILES string of the molecule is COc1ccc(C=CC(=O)N2c3ccccc3C(Nc3ccccc3)CC2C)cc1. The van der Waals surface area contributed by atoms with Crippen LogP contribution in [0.5, 0.6) is 5.75 Å². The molecule has 3 aromatic rings. The maximum Gasteiger partial charge on any atom is 0.251 e. The van der Waals surface area contributed by atoms with Crippen molar-refractivity contribution in [3.05, 3.63) is 96.1 Å². The molecule has 0 bridgehead atoms. The third kappa shape index (κ3) is 4.23. The monoisotopic (exact) mass is 398 g/mol. The van der Waals surface area contributed by atoms with E-state index in [4.69, 9.17) is 4.74 Å². The van der Waals surface area contributed by atoms with Gasteiger partial charge in [-0.2, -0.15) is 0 Å². The van der Waals surface area contributed by atoms with Gasteiger partial charge in [0.2, 0.25) is 0 Å². The molecule has 0 spiro atoms. The maximum atomic E-state index is 13.1. The third-order valence-electron chi connectivity index (χ3n) is 5.48. The Hall–Kier alpha value is -3.53. The number of hydrogen-bond donors (Lipinski definition) is 1. The molecular weight excluding hydrogens is 372 g/mol. The zero-order valence-corrected chi connectivity index (χ0v) is 17.3. The van der Waals surface area contributed by atoms with Gasteiger partial charge in [0.25, 0.3) is 5.91 Å². The molecule has 0 radical (unpaired) electrons. The normalized spacial score (nSPS) is 18.1. The van der Waals surface area contributed by atoms with Crippen LogP contribution in [-0.4, -0.2) is 19.1 Å². The molecule has 0 aliphatic carbocycles. The first kappa shape index (κ1) is 19.8. The van der Waals surface area contributed by atoms with Gasteiger partial charge in [0.1, 0.15) is 5.75 Å². The van der Waals surface area contributed by atoms with E-state index in [1.165, 1.54) is 0 Å². The Morgan fingerprint density at radius 1 is 1.00 bits per heavy atom. The van der Waals surface area contributed by atoms with Crippen LogP contribution in [0, 0.1) is 0 Å². The Bertz CT molecular complexity index is 1030. The highest BCUT2D eigenvalue weighted by Crippen LogP contribution is 2.39. The van der Waals surface area contributed by atoms with Gasteiger partial charge in [0.05, 0.1) is 13.2 Å². The van der Waals surface area contributed by atoms with Crippen LogP contribution in [0.4, 0.5) is 11.4 Å². The molecule has 1 amide bonds. The van der Waals surface area contributed by atoms with Crippen LogP contribution in [-0.2, 0) is 4.79 Å². The number of nitrogens with zero attached hydrogens (tertiary/aromatic N) is 1.